The summed E-state index contributed by atoms with van der Waals surface area (Å²) in [5.41, 5.74) is 13.8. The standard InChI is InChI=1S/C29H38N6O5S/c30-13-7-6-12-23(33-26(36)21(31)17-41)27(37)34-24(15-19-16-32-22-11-5-4-10-20(19)22)28(38)35-25(29(39)40)14-18-8-2-1-3-9-18/h1-5,8-11,16,21,23-25,32,41H,6-7,12-15,17,30-31H2,(H,33,36)(H,34,37)(H,35,38)(H,39,40). The molecule has 0 aliphatic heterocycles. The van der Waals surface area contributed by atoms with Crippen molar-refractivity contribution in [3.8, 4) is 0 Å². The SMILES string of the molecule is NCCCCC(NC(=O)C(N)CS)C(=O)NC(Cc1c[nH]c2ccccc12)C(=O)NC(Cc1ccccc1)C(=O)O. The Labute approximate surface area is 244 Å². The highest BCUT2D eigenvalue weighted by molar-refractivity contribution is 7.80. The Balaban J connectivity index is 1.85. The predicted octanol–water partition coefficient (Wildman–Crippen LogP) is 0.878. The molecule has 4 atom stereocenters. The maximum absolute atomic E-state index is 13.6. The van der Waals surface area contributed by atoms with E-state index in [4.69, 9.17) is 11.5 Å². The number of para-hydroxylation sites is 1. The average Bonchev–Trinajstić information content (AvgIpc) is 3.38. The van der Waals surface area contributed by atoms with Crippen molar-refractivity contribution in [1.29, 1.82) is 0 Å². The number of fused-ring (bicyclic) bond motifs is 1. The molecular formula is C29H38N6O5S. The first-order valence-electron chi connectivity index (χ1n) is 13.5. The Morgan fingerprint density at radius 2 is 1.46 bits per heavy atom. The molecule has 1 heterocycles. The van der Waals surface area contributed by atoms with Crippen LogP contribution in [0.5, 0.6) is 0 Å². The van der Waals surface area contributed by atoms with Crippen LogP contribution in [0.2, 0.25) is 0 Å². The summed E-state index contributed by atoms with van der Waals surface area (Å²) in [4.78, 5) is 54.8. The fourth-order valence-corrected chi connectivity index (χ4v) is 4.61. The summed E-state index contributed by atoms with van der Waals surface area (Å²) in [7, 11) is 0. The number of benzene rings is 2. The summed E-state index contributed by atoms with van der Waals surface area (Å²) in [5.74, 6) is -2.90. The summed E-state index contributed by atoms with van der Waals surface area (Å²) in [6, 6.07) is 12.2. The summed E-state index contributed by atoms with van der Waals surface area (Å²) in [5, 5.41) is 18.7. The number of carbonyl (C=O) groups is 4. The van der Waals surface area contributed by atoms with Crippen molar-refractivity contribution in [2.75, 3.05) is 12.3 Å². The molecule has 1 aromatic heterocycles. The van der Waals surface area contributed by atoms with Gasteiger partial charge in [-0.1, -0.05) is 48.5 Å². The number of carboxylic acids is 1. The number of carboxylic acid groups (broad SMARTS) is 1. The molecule has 9 N–H and O–H groups in total. The van der Waals surface area contributed by atoms with Crippen LogP contribution in [0.25, 0.3) is 10.9 Å². The molecule has 3 aromatic rings. The molecule has 0 saturated heterocycles. The zero-order valence-corrected chi connectivity index (χ0v) is 23.6. The van der Waals surface area contributed by atoms with E-state index in [2.05, 4.69) is 33.6 Å². The lowest BCUT2D eigenvalue weighted by Gasteiger charge is -2.25. The first-order chi connectivity index (χ1) is 19.7. The van der Waals surface area contributed by atoms with Gasteiger partial charge < -0.3 is 37.5 Å². The first-order valence-corrected chi connectivity index (χ1v) is 14.2. The monoisotopic (exact) mass is 582 g/mol. The molecule has 41 heavy (non-hydrogen) atoms. The van der Waals surface area contributed by atoms with Crippen molar-refractivity contribution in [1.82, 2.24) is 20.9 Å². The maximum atomic E-state index is 13.6. The Morgan fingerprint density at radius 3 is 2.15 bits per heavy atom. The van der Waals surface area contributed by atoms with Gasteiger partial charge in [0.1, 0.15) is 18.1 Å². The topological polar surface area (TPSA) is 192 Å². The molecule has 0 radical (unpaired) electrons. The van der Waals surface area contributed by atoms with Crippen LogP contribution in [0.4, 0.5) is 0 Å². The number of thiol groups is 1. The van der Waals surface area contributed by atoms with E-state index in [9.17, 15) is 24.3 Å². The molecule has 0 spiro atoms. The van der Waals surface area contributed by atoms with E-state index in [-0.39, 0.29) is 25.0 Å². The number of amides is 3. The smallest absolute Gasteiger partial charge is 0.326 e. The van der Waals surface area contributed by atoms with Gasteiger partial charge in [0, 0.05) is 35.7 Å². The Bertz CT molecular complexity index is 1320. The van der Waals surface area contributed by atoms with Gasteiger partial charge >= 0.3 is 5.97 Å². The molecule has 11 nitrogen and oxygen atoms in total. The van der Waals surface area contributed by atoms with Gasteiger partial charge in [0.25, 0.3) is 0 Å². The summed E-state index contributed by atoms with van der Waals surface area (Å²) in [6.07, 6.45) is 3.37. The van der Waals surface area contributed by atoms with Crippen molar-refractivity contribution in [3.05, 3.63) is 71.9 Å². The number of nitrogens with one attached hydrogen (secondary N) is 4. The second-order valence-corrected chi connectivity index (χ2v) is 10.2. The van der Waals surface area contributed by atoms with E-state index < -0.39 is 47.9 Å². The van der Waals surface area contributed by atoms with E-state index in [1.54, 1.807) is 30.5 Å². The van der Waals surface area contributed by atoms with E-state index in [0.717, 1.165) is 22.0 Å². The third-order valence-electron chi connectivity index (χ3n) is 6.74. The number of nitrogens with two attached hydrogens (primary N) is 2. The van der Waals surface area contributed by atoms with Crippen LogP contribution in [-0.4, -0.2) is 70.2 Å². The Morgan fingerprint density at radius 1 is 0.829 bits per heavy atom. The fraction of sp³-hybridized carbons (Fsp3) is 0.379. The van der Waals surface area contributed by atoms with Gasteiger partial charge in [0.15, 0.2) is 0 Å². The molecule has 4 unspecified atom stereocenters. The van der Waals surface area contributed by atoms with Crippen molar-refractivity contribution < 1.29 is 24.3 Å². The highest BCUT2D eigenvalue weighted by Gasteiger charge is 2.31. The summed E-state index contributed by atoms with van der Waals surface area (Å²) >= 11 is 4.05. The molecule has 3 amide bonds. The molecule has 220 valence electrons. The number of hydrogen-bond acceptors (Lipinski definition) is 7. The molecule has 12 heteroatoms. The minimum Gasteiger partial charge on any atom is -0.480 e. The molecule has 3 rings (SSSR count). The van der Waals surface area contributed by atoms with Gasteiger partial charge in [-0.2, -0.15) is 12.6 Å². The predicted molar refractivity (Wildman–Crippen MR) is 160 cm³/mol. The molecule has 0 aliphatic carbocycles. The first kappa shape index (κ1) is 31.7. The fourth-order valence-electron chi connectivity index (χ4n) is 4.45. The molecule has 0 saturated carbocycles. The molecule has 0 aliphatic rings. The van der Waals surface area contributed by atoms with Crippen molar-refractivity contribution >= 4 is 47.2 Å². The quantitative estimate of drug-likeness (QED) is 0.0907. The van der Waals surface area contributed by atoms with Crippen LogP contribution in [0.1, 0.15) is 30.4 Å². The van der Waals surface area contributed by atoms with Crippen LogP contribution in [0.15, 0.2) is 60.8 Å². The van der Waals surface area contributed by atoms with Crippen LogP contribution in [0.3, 0.4) is 0 Å². The van der Waals surface area contributed by atoms with Gasteiger partial charge in [-0.05, 0) is 43.0 Å². The number of aliphatic carboxylic acids is 1. The van der Waals surface area contributed by atoms with Crippen molar-refractivity contribution in [2.24, 2.45) is 11.5 Å². The van der Waals surface area contributed by atoms with E-state index in [1.807, 2.05) is 30.3 Å². The largest absolute Gasteiger partial charge is 0.480 e. The maximum Gasteiger partial charge on any atom is 0.326 e. The molecular weight excluding hydrogens is 544 g/mol. The van der Waals surface area contributed by atoms with Gasteiger partial charge in [-0.25, -0.2) is 4.79 Å². The Kier molecular flexibility index (Phi) is 12.2. The highest BCUT2D eigenvalue weighted by Crippen LogP contribution is 2.19. The van der Waals surface area contributed by atoms with Gasteiger partial charge in [-0.3, -0.25) is 14.4 Å². The van der Waals surface area contributed by atoms with Crippen LogP contribution in [0, 0.1) is 0 Å². The van der Waals surface area contributed by atoms with Crippen molar-refractivity contribution in [2.45, 2.75) is 56.3 Å². The molecule has 0 fully saturated rings. The minimum atomic E-state index is -1.22. The van der Waals surface area contributed by atoms with Crippen LogP contribution in [-0.2, 0) is 32.0 Å². The average molecular weight is 583 g/mol. The number of rotatable bonds is 16. The number of unbranched alkanes of at least 4 members (excludes halogenated alkanes) is 1. The summed E-state index contributed by atoms with van der Waals surface area (Å²) < 4.78 is 0. The number of aromatic nitrogens is 1. The van der Waals surface area contributed by atoms with E-state index >= 15 is 0 Å². The third-order valence-corrected chi connectivity index (χ3v) is 7.14. The van der Waals surface area contributed by atoms with Gasteiger partial charge in [0.2, 0.25) is 17.7 Å². The zero-order chi connectivity index (χ0) is 29.8. The third kappa shape index (κ3) is 9.34. The van der Waals surface area contributed by atoms with Gasteiger partial charge in [-0.15, -0.1) is 0 Å². The second kappa shape index (κ2) is 15.8. The minimum absolute atomic E-state index is 0.0645. The molecule has 0 bridgehead atoms. The van der Waals surface area contributed by atoms with Crippen LogP contribution < -0.4 is 27.4 Å². The van der Waals surface area contributed by atoms with Gasteiger partial charge in [0.05, 0.1) is 6.04 Å². The Hall–Kier alpha value is -3.87. The second-order valence-electron chi connectivity index (χ2n) is 9.85. The molecule has 2 aromatic carbocycles. The summed E-state index contributed by atoms with van der Waals surface area (Å²) in [6.45, 7) is 0.419. The van der Waals surface area contributed by atoms with Crippen molar-refractivity contribution in [3.63, 3.8) is 0 Å². The van der Waals surface area contributed by atoms with Crippen LogP contribution >= 0.6 is 12.6 Å². The normalized spacial score (nSPS) is 14.0. The lowest BCUT2D eigenvalue weighted by atomic mass is 10.0. The number of carbonyl (C=O) groups excluding carboxylic acids is 3. The number of hydrogen-bond donors (Lipinski definition) is 8. The number of H-pyrrole nitrogens is 1. The lowest BCUT2D eigenvalue weighted by molar-refractivity contribution is -0.142. The van der Waals surface area contributed by atoms with E-state index in [0.29, 0.717) is 19.4 Å². The highest BCUT2D eigenvalue weighted by atomic mass is 32.1. The lowest BCUT2D eigenvalue weighted by Crippen LogP contribution is -2.58. The number of aromatic amines is 1. The zero-order valence-electron chi connectivity index (χ0n) is 22.7. The van der Waals surface area contributed by atoms with E-state index in [1.165, 1.54) is 0 Å².